The summed E-state index contributed by atoms with van der Waals surface area (Å²) in [5.74, 6) is 0. The Morgan fingerprint density at radius 1 is 1.10 bits per heavy atom. The van der Waals surface area contributed by atoms with Crippen molar-refractivity contribution in [2.75, 3.05) is 32.6 Å². The molecule has 0 amide bonds. The van der Waals surface area contributed by atoms with Crippen LogP contribution in [0, 0.1) is 0 Å². The summed E-state index contributed by atoms with van der Waals surface area (Å²) in [6.45, 7) is 5.60. The molecule has 0 bridgehead atoms. The summed E-state index contributed by atoms with van der Waals surface area (Å²) in [7, 11) is 6.40. The minimum atomic E-state index is 0.404. The highest BCUT2D eigenvalue weighted by Crippen LogP contribution is 2.27. The summed E-state index contributed by atoms with van der Waals surface area (Å²) in [5, 5.41) is 3.66. The van der Waals surface area contributed by atoms with Crippen molar-refractivity contribution >= 4 is 5.69 Å². The molecule has 0 spiro atoms. The highest BCUT2D eigenvalue weighted by Gasteiger charge is 2.28. The molecule has 1 N–H and O–H groups in total. The van der Waals surface area contributed by atoms with Gasteiger partial charge in [0, 0.05) is 44.5 Å². The molecule has 20 heavy (non-hydrogen) atoms. The zero-order chi connectivity index (χ0) is 14.7. The smallest absolute Gasteiger partial charge is 0.0361 e. The van der Waals surface area contributed by atoms with Crippen molar-refractivity contribution in [3.8, 4) is 0 Å². The molecule has 0 aliphatic heterocycles. The predicted octanol–water partition coefficient (Wildman–Crippen LogP) is 2.89. The van der Waals surface area contributed by atoms with Gasteiger partial charge in [0.05, 0.1) is 0 Å². The van der Waals surface area contributed by atoms with E-state index in [0.717, 1.165) is 12.6 Å². The van der Waals surface area contributed by atoms with E-state index in [0.29, 0.717) is 12.1 Å². The lowest BCUT2D eigenvalue weighted by molar-refractivity contribution is 0.237. The Balaban J connectivity index is 1.82. The molecule has 3 nitrogen and oxygen atoms in total. The molecule has 0 aromatic heterocycles. The van der Waals surface area contributed by atoms with Gasteiger partial charge in [-0.25, -0.2) is 0 Å². The van der Waals surface area contributed by atoms with Crippen LogP contribution in [0.4, 0.5) is 5.69 Å². The molecule has 1 aromatic rings. The number of hydrogen-bond donors (Lipinski definition) is 1. The number of benzene rings is 1. The fourth-order valence-corrected chi connectivity index (χ4v) is 2.51. The molecule has 2 rings (SSSR count). The molecule has 3 heteroatoms. The summed E-state index contributed by atoms with van der Waals surface area (Å²) < 4.78 is 0. The summed E-state index contributed by atoms with van der Waals surface area (Å²) in [6.07, 6.45) is 2.75. The monoisotopic (exact) mass is 275 g/mol. The van der Waals surface area contributed by atoms with Crippen LogP contribution >= 0.6 is 0 Å². The first-order chi connectivity index (χ1) is 9.49. The Morgan fingerprint density at radius 3 is 2.20 bits per heavy atom. The van der Waals surface area contributed by atoms with Crippen LogP contribution in [0.25, 0.3) is 0 Å². The van der Waals surface area contributed by atoms with Gasteiger partial charge in [-0.1, -0.05) is 12.1 Å². The molecule has 112 valence electrons. The lowest BCUT2D eigenvalue weighted by Gasteiger charge is -2.26. The lowest BCUT2D eigenvalue weighted by Crippen LogP contribution is -2.39. The highest BCUT2D eigenvalue weighted by atomic mass is 15.2. The van der Waals surface area contributed by atoms with Crippen molar-refractivity contribution in [1.29, 1.82) is 0 Å². The Hall–Kier alpha value is -1.06. The van der Waals surface area contributed by atoms with E-state index < -0.39 is 0 Å². The molecule has 1 aromatic carbocycles. The zero-order valence-corrected chi connectivity index (χ0v) is 13.6. The SMILES string of the molecule is CC(NCC(C)N(C)C1CC1)c1ccc(N(C)C)cc1. The molecule has 0 saturated heterocycles. The second kappa shape index (κ2) is 6.59. The second-order valence-corrected chi connectivity index (χ2v) is 6.36. The van der Waals surface area contributed by atoms with E-state index in [9.17, 15) is 0 Å². The van der Waals surface area contributed by atoms with Crippen molar-refractivity contribution in [3.63, 3.8) is 0 Å². The van der Waals surface area contributed by atoms with E-state index in [1.807, 2.05) is 0 Å². The van der Waals surface area contributed by atoms with Crippen molar-refractivity contribution in [3.05, 3.63) is 29.8 Å². The maximum absolute atomic E-state index is 3.66. The number of hydrogen-bond acceptors (Lipinski definition) is 3. The van der Waals surface area contributed by atoms with Gasteiger partial charge < -0.3 is 10.2 Å². The molecule has 2 unspecified atom stereocenters. The number of nitrogens with one attached hydrogen (secondary N) is 1. The van der Waals surface area contributed by atoms with Gasteiger partial charge in [0.1, 0.15) is 0 Å². The van der Waals surface area contributed by atoms with Gasteiger partial charge in [-0.15, -0.1) is 0 Å². The molecule has 0 heterocycles. The van der Waals surface area contributed by atoms with E-state index in [-0.39, 0.29) is 0 Å². The van der Waals surface area contributed by atoms with Crippen LogP contribution in [-0.2, 0) is 0 Å². The molecule has 1 aliphatic rings. The maximum Gasteiger partial charge on any atom is 0.0361 e. The van der Waals surface area contributed by atoms with Crippen LogP contribution in [0.3, 0.4) is 0 Å². The third-order valence-electron chi connectivity index (χ3n) is 4.45. The normalized spacial score (nSPS) is 18.1. The quantitative estimate of drug-likeness (QED) is 0.825. The molecular formula is C17H29N3. The lowest BCUT2D eigenvalue weighted by atomic mass is 10.1. The van der Waals surface area contributed by atoms with Crippen molar-refractivity contribution in [1.82, 2.24) is 10.2 Å². The van der Waals surface area contributed by atoms with Gasteiger partial charge in [-0.2, -0.15) is 0 Å². The minimum absolute atomic E-state index is 0.404. The van der Waals surface area contributed by atoms with E-state index in [2.05, 4.69) is 74.4 Å². The van der Waals surface area contributed by atoms with Gasteiger partial charge in [-0.3, -0.25) is 4.90 Å². The third kappa shape index (κ3) is 3.97. The van der Waals surface area contributed by atoms with Crippen LogP contribution in [0.2, 0.25) is 0 Å². The maximum atomic E-state index is 3.66. The molecular weight excluding hydrogens is 246 g/mol. The van der Waals surface area contributed by atoms with Gasteiger partial charge in [0.15, 0.2) is 0 Å². The average molecular weight is 275 g/mol. The van der Waals surface area contributed by atoms with Gasteiger partial charge in [0.25, 0.3) is 0 Å². The Morgan fingerprint density at radius 2 is 1.70 bits per heavy atom. The standard InChI is InChI=1S/C17H29N3/c1-13(20(5)17-10-11-17)12-18-14(2)15-6-8-16(9-7-15)19(3)4/h6-9,13-14,17-18H,10-12H2,1-5H3. The fourth-order valence-electron chi connectivity index (χ4n) is 2.51. The van der Waals surface area contributed by atoms with E-state index in [1.165, 1.54) is 24.1 Å². The first-order valence-electron chi connectivity index (χ1n) is 7.71. The van der Waals surface area contributed by atoms with E-state index in [4.69, 9.17) is 0 Å². The summed E-state index contributed by atoms with van der Waals surface area (Å²) in [4.78, 5) is 4.64. The molecule has 2 atom stereocenters. The third-order valence-corrected chi connectivity index (χ3v) is 4.45. The summed E-state index contributed by atoms with van der Waals surface area (Å²) in [6, 6.07) is 10.7. The molecule has 1 aliphatic carbocycles. The summed E-state index contributed by atoms with van der Waals surface area (Å²) >= 11 is 0. The molecule has 1 fully saturated rings. The van der Waals surface area contributed by atoms with Crippen molar-refractivity contribution in [2.45, 2.75) is 44.8 Å². The van der Waals surface area contributed by atoms with Gasteiger partial charge >= 0.3 is 0 Å². The topological polar surface area (TPSA) is 18.5 Å². The second-order valence-electron chi connectivity index (χ2n) is 6.36. The molecule has 1 saturated carbocycles. The number of nitrogens with zero attached hydrogens (tertiary/aromatic N) is 2. The first-order valence-corrected chi connectivity index (χ1v) is 7.71. The van der Waals surface area contributed by atoms with Gasteiger partial charge in [-0.05, 0) is 51.4 Å². The van der Waals surface area contributed by atoms with E-state index in [1.54, 1.807) is 0 Å². The largest absolute Gasteiger partial charge is 0.378 e. The van der Waals surface area contributed by atoms with Crippen LogP contribution in [0.1, 0.15) is 38.3 Å². The summed E-state index contributed by atoms with van der Waals surface area (Å²) in [5.41, 5.74) is 2.61. The minimum Gasteiger partial charge on any atom is -0.378 e. The first kappa shape index (κ1) is 15.3. The van der Waals surface area contributed by atoms with E-state index >= 15 is 0 Å². The number of rotatable bonds is 7. The van der Waals surface area contributed by atoms with Crippen LogP contribution in [0.5, 0.6) is 0 Å². The highest BCUT2D eigenvalue weighted by molar-refractivity contribution is 5.46. The van der Waals surface area contributed by atoms with Crippen molar-refractivity contribution < 1.29 is 0 Å². The number of anilines is 1. The zero-order valence-electron chi connectivity index (χ0n) is 13.6. The molecule has 0 radical (unpaired) electrons. The van der Waals surface area contributed by atoms with Gasteiger partial charge in [0.2, 0.25) is 0 Å². The average Bonchev–Trinajstić information content (AvgIpc) is 3.28. The fraction of sp³-hybridized carbons (Fsp3) is 0.647. The number of likely N-dealkylation sites (N-methyl/N-ethyl adjacent to an activating group) is 1. The Labute approximate surface area is 124 Å². The van der Waals surface area contributed by atoms with Crippen LogP contribution in [0.15, 0.2) is 24.3 Å². The Bertz CT molecular complexity index is 409. The van der Waals surface area contributed by atoms with Crippen molar-refractivity contribution in [2.24, 2.45) is 0 Å². The van der Waals surface area contributed by atoms with Crippen LogP contribution < -0.4 is 10.2 Å². The van der Waals surface area contributed by atoms with Crippen LogP contribution in [-0.4, -0.2) is 44.7 Å². The Kier molecular flexibility index (Phi) is 5.06. The predicted molar refractivity (Wildman–Crippen MR) is 87.4 cm³/mol.